The number of ether oxygens (including phenoxy) is 3. The molecule has 30 heavy (non-hydrogen) atoms. The Labute approximate surface area is 183 Å². The van der Waals surface area contributed by atoms with E-state index >= 15 is 0 Å². The molecule has 0 radical (unpaired) electrons. The molecule has 2 aromatic carbocycles. The van der Waals surface area contributed by atoms with Gasteiger partial charge in [0.15, 0.2) is 11.5 Å². The van der Waals surface area contributed by atoms with E-state index in [1.165, 1.54) is 0 Å². The Morgan fingerprint density at radius 1 is 1.00 bits per heavy atom. The van der Waals surface area contributed by atoms with Crippen molar-refractivity contribution in [2.24, 2.45) is 0 Å². The lowest BCUT2D eigenvalue weighted by Crippen LogP contribution is -2.42. The van der Waals surface area contributed by atoms with E-state index in [0.29, 0.717) is 28.9 Å². The molecule has 1 atom stereocenters. The maximum Gasteiger partial charge on any atom is 0.246 e. The summed E-state index contributed by atoms with van der Waals surface area (Å²) in [7, 11) is 0. The van der Waals surface area contributed by atoms with E-state index in [0.717, 1.165) is 22.4 Å². The minimum atomic E-state index is -0.896. The minimum Gasteiger partial charge on any atom is -0.491 e. The number of anilines is 1. The topological polar surface area (TPSA) is 60.9 Å². The number of para-hydroxylation sites is 1. The zero-order chi connectivity index (χ0) is 19.6. The number of rotatable bonds is 2. The quantitative estimate of drug-likeness (QED) is 0.558. The summed E-state index contributed by atoms with van der Waals surface area (Å²) in [6.07, 6.45) is 1.69. The summed E-state index contributed by atoms with van der Waals surface area (Å²) in [5, 5.41) is 0.424. The third-order valence-electron chi connectivity index (χ3n) is 5.77. The Balaban J connectivity index is 0.00000193. The summed E-state index contributed by atoms with van der Waals surface area (Å²) >= 11 is 5.91. The summed E-state index contributed by atoms with van der Waals surface area (Å²) < 4.78 is 17.0. The van der Waals surface area contributed by atoms with E-state index in [9.17, 15) is 4.79 Å². The lowest BCUT2D eigenvalue weighted by atomic mass is 9.77. The van der Waals surface area contributed by atoms with Crippen LogP contribution >= 0.6 is 24.0 Å². The van der Waals surface area contributed by atoms with E-state index in [-0.39, 0.29) is 31.7 Å². The number of halogens is 2. The monoisotopic (exact) mass is 442 g/mol. The summed E-state index contributed by atoms with van der Waals surface area (Å²) in [5.74, 6) is 1.92. The molecular weight excluding hydrogens is 427 g/mol. The number of nitrogens with zero attached hydrogens (tertiary/aromatic N) is 2. The number of carbonyl (C=O) groups is 1. The molecule has 1 unspecified atom stereocenters. The van der Waals surface area contributed by atoms with Gasteiger partial charge in [0.25, 0.3) is 0 Å². The maximum atomic E-state index is 13.8. The van der Waals surface area contributed by atoms with Crippen molar-refractivity contribution in [3.05, 3.63) is 76.6 Å². The molecule has 1 spiro atoms. The number of amides is 1. The van der Waals surface area contributed by atoms with Crippen molar-refractivity contribution in [3.8, 4) is 17.2 Å². The molecule has 3 aliphatic heterocycles. The van der Waals surface area contributed by atoms with Crippen LogP contribution in [0.2, 0.25) is 5.15 Å². The minimum absolute atomic E-state index is 0. The van der Waals surface area contributed by atoms with E-state index < -0.39 is 5.41 Å². The van der Waals surface area contributed by atoms with Crippen LogP contribution in [0.1, 0.15) is 16.7 Å². The molecule has 0 bridgehead atoms. The summed E-state index contributed by atoms with van der Waals surface area (Å²) in [6, 6.07) is 15.2. The second-order valence-corrected chi connectivity index (χ2v) is 7.68. The van der Waals surface area contributed by atoms with Gasteiger partial charge in [-0.05, 0) is 29.3 Å². The Morgan fingerprint density at radius 2 is 1.80 bits per heavy atom. The molecule has 0 saturated carbocycles. The highest BCUT2D eigenvalue weighted by Crippen LogP contribution is 2.55. The van der Waals surface area contributed by atoms with Crippen molar-refractivity contribution in [2.75, 3.05) is 18.3 Å². The van der Waals surface area contributed by atoms with Gasteiger partial charge in [0, 0.05) is 23.5 Å². The molecule has 3 aliphatic rings. The van der Waals surface area contributed by atoms with Gasteiger partial charge in [0.2, 0.25) is 12.7 Å². The van der Waals surface area contributed by atoms with Crippen molar-refractivity contribution in [2.45, 2.75) is 12.0 Å². The fourth-order valence-corrected chi connectivity index (χ4v) is 4.52. The number of aromatic nitrogens is 1. The lowest BCUT2D eigenvalue weighted by molar-refractivity contribution is -0.122. The molecule has 152 valence electrons. The molecule has 0 fully saturated rings. The average Bonchev–Trinajstić information content (AvgIpc) is 3.41. The normalized spacial score (nSPS) is 20.0. The Morgan fingerprint density at radius 3 is 2.60 bits per heavy atom. The third-order valence-corrected chi connectivity index (χ3v) is 6.00. The van der Waals surface area contributed by atoms with Crippen LogP contribution in [-0.4, -0.2) is 24.3 Å². The largest absolute Gasteiger partial charge is 0.491 e. The van der Waals surface area contributed by atoms with Crippen molar-refractivity contribution >= 4 is 35.6 Å². The predicted molar refractivity (Wildman–Crippen MR) is 113 cm³/mol. The molecule has 0 saturated heterocycles. The van der Waals surface area contributed by atoms with Gasteiger partial charge in [0.1, 0.15) is 22.9 Å². The first kappa shape index (κ1) is 19.0. The Kier molecular flexibility index (Phi) is 4.31. The predicted octanol–water partition coefficient (Wildman–Crippen LogP) is 4.11. The molecule has 1 amide bonds. The molecule has 3 aromatic rings. The van der Waals surface area contributed by atoms with Gasteiger partial charge in [-0.25, -0.2) is 4.98 Å². The van der Waals surface area contributed by atoms with Crippen LogP contribution in [0.25, 0.3) is 0 Å². The van der Waals surface area contributed by atoms with E-state index in [1.807, 2.05) is 42.5 Å². The number of hydrogen-bond donors (Lipinski definition) is 0. The maximum absolute atomic E-state index is 13.8. The highest BCUT2D eigenvalue weighted by atomic mass is 35.5. The Bertz CT molecular complexity index is 1170. The highest BCUT2D eigenvalue weighted by Gasteiger charge is 2.57. The molecular formula is C22H16Cl2N2O4. The molecule has 6 rings (SSSR count). The van der Waals surface area contributed by atoms with Gasteiger partial charge in [-0.15, -0.1) is 12.4 Å². The number of fused-ring (bicyclic) bond motifs is 5. The van der Waals surface area contributed by atoms with Crippen LogP contribution in [0, 0.1) is 0 Å². The van der Waals surface area contributed by atoms with Crippen LogP contribution < -0.4 is 19.1 Å². The first-order valence-corrected chi connectivity index (χ1v) is 9.63. The first-order chi connectivity index (χ1) is 14.2. The standard InChI is InChI=1S/C22H15ClN2O4.ClH/c23-20-6-5-13(9-24-20)10-25-16-4-2-1-3-14(16)22(21(25)26)11-27-17-8-19-18(7-15(17)22)28-12-29-19;/h1-9H,10-12H2;1H. The molecule has 4 heterocycles. The van der Waals surface area contributed by atoms with E-state index in [2.05, 4.69) is 4.98 Å². The van der Waals surface area contributed by atoms with Crippen LogP contribution in [0.3, 0.4) is 0 Å². The van der Waals surface area contributed by atoms with Gasteiger partial charge < -0.3 is 19.1 Å². The number of hydrogen-bond acceptors (Lipinski definition) is 5. The van der Waals surface area contributed by atoms with E-state index in [1.54, 1.807) is 17.2 Å². The fourth-order valence-electron chi connectivity index (χ4n) is 4.40. The average molecular weight is 443 g/mol. The first-order valence-electron chi connectivity index (χ1n) is 9.26. The summed E-state index contributed by atoms with van der Waals surface area (Å²) in [4.78, 5) is 19.8. The SMILES string of the molecule is Cl.O=C1N(Cc2ccc(Cl)nc2)c2ccccc2C12COc1cc3c(cc12)OCO3. The van der Waals surface area contributed by atoms with Crippen molar-refractivity contribution in [3.63, 3.8) is 0 Å². The third kappa shape index (κ3) is 2.50. The summed E-state index contributed by atoms with van der Waals surface area (Å²) in [6.45, 7) is 0.823. The van der Waals surface area contributed by atoms with Crippen molar-refractivity contribution in [1.82, 2.24) is 4.98 Å². The smallest absolute Gasteiger partial charge is 0.246 e. The number of carbonyl (C=O) groups excluding carboxylic acids is 1. The summed E-state index contributed by atoms with van der Waals surface area (Å²) in [5.41, 5.74) is 2.63. The van der Waals surface area contributed by atoms with Crippen LogP contribution in [0.15, 0.2) is 54.7 Å². The van der Waals surface area contributed by atoms with Crippen LogP contribution in [0.5, 0.6) is 17.2 Å². The number of pyridine rings is 1. The second kappa shape index (κ2) is 6.79. The van der Waals surface area contributed by atoms with Crippen LogP contribution in [0.4, 0.5) is 5.69 Å². The van der Waals surface area contributed by atoms with Gasteiger partial charge in [-0.2, -0.15) is 0 Å². The van der Waals surface area contributed by atoms with Crippen molar-refractivity contribution in [1.29, 1.82) is 0 Å². The second-order valence-electron chi connectivity index (χ2n) is 7.29. The van der Waals surface area contributed by atoms with Gasteiger partial charge >= 0.3 is 0 Å². The highest BCUT2D eigenvalue weighted by molar-refractivity contribution is 6.29. The molecule has 0 aliphatic carbocycles. The zero-order valence-electron chi connectivity index (χ0n) is 15.6. The van der Waals surface area contributed by atoms with Crippen LogP contribution in [-0.2, 0) is 16.8 Å². The lowest BCUT2D eigenvalue weighted by Gasteiger charge is -2.23. The van der Waals surface area contributed by atoms with Gasteiger partial charge in [-0.3, -0.25) is 4.79 Å². The van der Waals surface area contributed by atoms with Crippen molar-refractivity contribution < 1.29 is 19.0 Å². The Hall–Kier alpha value is -2.96. The van der Waals surface area contributed by atoms with Gasteiger partial charge in [0.05, 0.1) is 6.54 Å². The fraction of sp³-hybridized carbons (Fsp3) is 0.182. The zero-order valence-corrected chi connectivity index (χ0v) is 17.2. The molecule has 8 heteroatoms. The molecule has 6 nitrogen and oxygen atoms in total. The van der Waals surface area contributed by atoms with Gasteiger partial charge in [-0.1, -0.05) is 35.9 Å². The van der Waals surface area contributed by atoms with E-state index in [4.69, 9.17) is 25.8 Å². The molecule has 1 aromatic heterocycles. The number of benzene rings is 2. The molecule has 0 N–H and O–H groups in total.